The summed E-state index contributed by atoms with van der Waals surface area (Å²) in [6, 6.07) is 18.1. The highest BCUT2D eigenvalue weighted by Gasteiger charge is 2.10. The Morgan fingerprint density at radius 1 is 1.00 bits per heavy atom. The predicted octanol–water partition coefficient (Wildman–Crippen LogP) is 3.96. The van der Waals surface area contributed by atoms with Crippen molar-refractivity contribution in [2.45, 2.75) is 13.8 Å². The Labute approximate surface area is 151 Å². The third-order valence-corrected chi connectivity index (χ3v) is 3.88. The lowest BCUT2D eigenvalue weighted by Crippen LogP contribution is -2.14. The molecule has 6 heteroatoms. The Hall–Kier alpha value is -3.72. The minimum absolute atomic E-state index is 0.194. The number of nitrogens with zero attached hydrogens (tertiary/aromatic N) is 3. The first kappa shape index (κ1) is 17.1. The SMILES string of the molecule is Cc1cccc(C)c1Nc1ccc(C(=O)Nc2cccc(C#N)c2)nn1. The van der Waals surface area contributed by atoms with Gasteiger partial charge in [-0.1, -0.05) is 24.3 Å². The van der Waals surface area contributed by atoms with Crippen LogP contribution in [0.4, 0.5) is 17.2 Å². The molecule has 0 aliphatic carbocycles. The number of anilines is 3. The molecule has 0 fully saturated rings. The molecule has 0 saturated heterocycles. The van der Waals surface area contributed by atoms with E-state index in [1.54, 1.807) is 36.4 Å². The van der Waals surface area contributed by atoms with Crippen LogP contribution in [-0.4, -0.2) is 16.1 Å². The van der Waals surface area contributed by atoms with E-state index in [0.717, 1.165) is 16.8 Å². The lowest BCUT2D eigenvalue weighted by molar-refractivity contribution is 0.102. The molecule has 0 aliphatic rings. The van der Waals surface area contributed by atoms with Crippen LogP contribution in [0.2, 0.25) is 0 Å². The van der Waals surface area contributed by atoms with Gasteiger partial charge in [-0.3, -0.25) is 4.79 Å². The van der Waals surface area contributed by atoms with E-state index >= 15 is 0 Å². The van der Waals surface area contributed by atoms with Gasteiger partial charge >= 0.3 is 0 Å². The molecular formula is C20H17N5O. The van der Waals surface area contributed by atoms with Gasteiger partial charge in [-0.05, 0) is 55.3 Å². The zero-order valence-corrected chi connectivity index (χ0v) is 14.4. The lowest BCUT2D eigenvalue weighted by Gasteiger charge is -2.11. The topological polar surface area (TPSA) is 90.7 Å². The number of nitrogens with one attached hydrogen (secondary N) is 2. The molecule has 6 nitrogen and oxygen atoms in total. The van der Waals surface area contributed by atoms with Crippen LogP contribution in [0.5, 0.6) is 0 Å². The molecule has 0 atom stereocenters. The van der Waals surface area contributed by atoms with Crippen LogP contribution in [0.15, 0.2) is 54.6 Å². The second-order valence-corrected chi connectivity index (χ2v) is 5.84. The minimum Gasteiger partial charge on any atom is -0.338 e. The first-order valence-corrected chi connectivity index (χ1v) is 8.05. The van der Waals surface area contributed by atoms with Gasteiger partial charge in [-0.2, -0.15) is 5.26 Å². The molecule has 26 heavy (non-hydrogen) atoms. The van der Waals surface area contributed by atoms with Crippen molar-refractivity contribution in [1.82, 2.24) is 10.2 Å². The Bertz CT molecular complexity index is 970. The quantitative estimate of drug-likeness (QED) is 0.748. The van der Waals surface area contributed by atoms with E-state index in [1.807, 2.05) is 38.1 Å². The number of benzene rings is 2. The molecule has 0 radical (unpaired) electrons. The molecular weight excluding hydrogens is 326 g/mol. The maximum absolute atomic E-state index is 12.3. The predicted molar refractivity (Wildman–Crippen MR) is 100 cm³/mol. The summed E-state index contributed by atoms with van der Waals surface area (Å²) < 4.78 is 0. The number of rotatable bonds is 4. The van der Waals surface area contributed by atoms with Crippen molar-refractivity contribution < 1.29 is 4.79 Å². The fraction of sp³-hybridized carbons (Fsp3) is 0.100. The van der Waals surface area contributed by atoms with E-state index in [1.165, 1.54) is 0 Å². The molecule has 1 heterocycles. The van der Waals surface area contributed by atoms with Crippen LogP contribution in [0.3, 0.4) is 0 Å². The third kappa shape index (κ3) is 3.84. The van der Waals surface area contributed by atoms with Gasteiger partial charge in [-0.25, -0.2) is 0 Å². The van der Waals surface area contributed by atoms with Gasteiger partial charge in [0, 0.05) is 11.4 Å². The number of carbonyl (C=O) groups is 1. The van der Waals surface area contributed by atoms with Gasteiger partial charge in [0.1, 0.15) is 0 Å². The number of hydrogen-bond donors (Lipinski definition) is 2. The maximum Gasteiger partial charge on any atom is 0.276 e. The summed E-state index contributed by atoms with van der Waals surface area (Å²) in [6.07, 6.45) is 0. The van der Waals surface area contributed by atoms with E-state index in [4.69, 9.17) is 5.26 Å². The average molecular weight is 343 g/mol. The number of aryl methyl sites for hydroxylation is 2. The third-order valence-electron chi connectivity index (χ3n) is 3.88. The van der Waals surface area contributed by atoms with Crippen LogP contribution in [0, 0.1) is 25.2 Å². The summed E-state index contributed by atoms with van der Waals surface area (Å²) in [5, 5.41) is 22.9. The molecule has 0 spiro atoms. The summed E-state index contributed by atoms with van der Waals surface area (Å²) in [5.74, 6) is 0.177. The van der Waals surface area contributed by atoms with Crippen LogP contribution < -0.4 is 10.6 Å². The fourth-order valence-electron chi connectivity index (χ4n) is 2.52. The standard InChI is InChI=1S/C20H17N5O/c1-13-5-3-6-14(2)19(13)23-18-10-9-17(24-25-18)20(26)22-16-8-4-7-15(11-16)12-21/h3-11H,1-2H3,(H,22,26)(H,23,25). The molecule has 3 aromatic rings. The summed E-state index contributed by atoms with van der Waals surface area (Å²) in [7, 11) is 0. The lowest BCUT2D eigenvalue weighted by atomic mass is 10.1. The molecule has 0 aliphatic heterocycles. The van der Waals surface area contributed by atoms with Gasteiger partial charge in [0.05, 0.1) is 11.6 Å². The van der Waals surface area contributed by atoms with Gasteiger partial charge in [0.2, 0.25) is 0 Å². The van der Waals surface area contributed by atoms with E-state index in [0.29, 0.717) is 17.1 Å². The van der Waals surface area contributed by atoms with Gasteiger partial charge < -0.3 is 10.6 Å². The largest absolute Gasteiger partial charge is 0.338 e. The number of amides is 1. The Morgan fingerprint density at radius 2 is 1.73 bits per heavy atom. The van der Waals surface area contributed by atoms with Crippen molar-refractivity contribution in [1.29, 1.82) is 5.26 Å². The Kier molecular flexibility index (Phi) is 4.90. The minimum atomic E-state index is -0.383. The molecule has 0 saturated carbocycles. The highest BCUT2D eigenvalue weighted by atomic mass is 16.1. The average Bonchev–Trinajstić information content (AvgIpc) is 2.65. The van der Waals surface area contributed by atoms with Crippen LogP contribution in [0.1, 0.15) is 27.2 Å². The van der Waals surface area contributed by atoms with Crippen molar-refractivity contribution in [2.24, 2.45) is 0 Å². The second kappa shape index (κ2) is 7.45. The molecule has 0 bridgehead atoms. The van der Waals surface area contributed by atoms with Crippen molar-refractivity contribution >= 4 is 23.1 Å². The number of aromatic nitrogens is 2. The fourth-order valence-corrected chi connectivity index (χ4v) is 2.52. The summed E-state index contributed by atoms with van der Waals surface area (Å²) in [4.78, 5) is 12.3. The molecule has 0 unspecified atom stereocenters. The molecule has 3 rings (SSSR count). The summed E-state index contributed by atoms with van der Waals surface area (Å²) in [6.45, 7) is 4.03. The van der Waals surface area contributed by atoms with Crippen LogP contribution in [0.25, 0.3) is 0 Å². The number of carbonyl (C=O) groups excluding carboxylic acids is 1. The van der Waals surface area contributed by atoms with Gasteiger partial charge in [0.15, 0.2) is 11.5 Å². The Balaban J connectivity index is 1.73. The van der Waals surface area contributed by atoms with E-state index in [2.05, 4.69) is 20.8 Å². The zero-order chi connectivity index (χ0) is 18.5. The molecule has 2 N–H and O–H groups in total. The molecule has 1 aromatic heterocycles. The van der Waals surface area contributed by atoms with Crippen molar-refractivity contribution in [2.75, 3.05) is 10.6 Å². The van der Waals surface area contributed by atoms with Crippen molar-refractivity contribution in [3.8, 4) is 6.07 Å². The first-order valence-electron chi connectivity index (χ1n) is 8.05. The van der Waals surface area contributed by atoms with E-state index < -0.39 is 0 Å². The molecule has 2 aromatic carbocycles. The number of nitriles is 1. The summed E-state index contributed by atoms with van der Waals surface area (Å²) in [5.41, 5.74) is 4.39. The highest BCUT2D eigenvalue weighted by molar-refractivity contribution is 6.02. The molecule has 1 amide bonds. The van der Waals surface area contributed by atoms with Crippen molar-refractivity contribution in [3.63, 3.8) is 0 Å². The zero-order valence-electron chi connectivity index (χ0n) is 14.4. The van der Waals surface area contributed by atoms with Crippen LogP contribution in [-0.2, 0) is 0 Å². The van der Waals surface area contributed by atoms with Crippen molar-refractivity contribution in [3.05, 3.63) is 77.0 Å². The summed E-state index contributed by atoms with van der Waals surface area (Å²) >= 11 is 0. The molecule has 128 valence electrons. The Morgan fingerprint density at radius 3 is 2.38 bits per heavy atom. The normalized spacial score (nSPS) is 10.0. The maximum atomic E-state index is 12.3. The monoisotopic (exact) mass is 343 g/mol. The second-order valence-electron chi connectivity index (χ2n) is 5.84. The number of para-hydroxylation sites is 1. The highest BCUT2D eigenvalue weighted by Crippen LogP contribution is 2.23. The smallest absolute Gasteiger partial charge is 0.276 e. The van der Waals surface area contributed by atoms with Gasteiger partial charge in [-0.15, -0.1) is 10.2 Å². The number of hydrogen-bond acceptors (Lipinski definition) is 5. The first-order chi connectivity index (χ1) is 12.6. The van der Waals surface area contributed by atoms with Crippen LogP contribution >= 0.6 is 0 Å². The van der Waals surface area contributed by atoms with E-state index in [-0.39, 0.29) is 11.6 Å². The van der Waals surface area contributed by atoms with Gasteiger partial charge in [0.25, 0.3) is 5.91 Å². The van der Waals surface area contributed by atoms with E-state index in [9.17, 15) is 4.79 Å².